The van der Waals surface area contributed by atoms with E-state index in [0.29, 0.717) is 22.4 Å². The van der Waals surface area contributed by atoms with Crippen LogP contribution < -0.4 is 0 Å². The van der Waals surface area contributed by atoms with E-state index in [1.807, 2.05) is 0 Å². The Morgan fingerprint density at radius 1 is 0.500 bits per heavy atom. The Hall–Kier alpha value is -0.0800. The van der Waals surface area contributed by atoms with Crippen LogP contribution in [0.5, 0.6) is 0 Å². The number of hydrogen-bond acceptors (Lipinski definition) is 2. The first-order chi connectivity index (χ1) is 10.8. The molecular formula is C20H18O2. The van der Waals surface area contributed by atoms with Crippen LogP contribution in [0.2, 0.25) is 0 Å². The molecule has 0 N–H and O–H groups in total. The lowest BCUT2D eigenvalue weighted by Gasteiger charge is -2.29. The molecule has 2 aliphatic heterocycles. The number of epoxide rings is 2. The van der Waals surface area contributed by atoms with Crippen molar-refractivity contribution < 1.29 is 9.47 Å². The first-order valence-corrected chi connectivity index (χ1v) is 10.2. The third-order valence-corrected chi connectivity index (χ3v) is 13.5. The monoisotopic (exact) mass is 290 g/mol. The van der Waals surface area contributed by atoms with Gasteiger partial charge in [-0.1, -0.05) is 0 Å². The molecule has 12 fully saturated rings. The van der Waals surface area contributed by atoms with Crippen molar-refractivity contribution in [2.24, 2.45) is 82.9 Å². The molecule has 0 radical (unpaired) electrons. The Labute approximate surface area is 128 Å². The predicted molar refractivity (Wildman–Crippen MR) is 71.2 cm³/mol. The first kappa shape index (κ1) is 8.85. The molecule has 2 heterocycles. The molecule has 12 rings (SSSR count). The highest BCUT2D eigenvalue weighted by Gasteiger charge is 3.11. The zero-order chi connectivity index (χ0) is 12.9. The maximum atomic E-state index is 7.02. The van der Waals surface area contributed by atoms with Gasteiger partial charge in [-0.2, -0.15) is 0 Å². The molecular weight excluding hydrogens is 272 g/mol. The third-order valence-electron chi connectivity index (χ3n) is 13.5. The van der Waals surface area contributed by atoms with Crippen LogP contribution in [0.1, 0.15) is 12.8 Å². The maximum absolute atomic E-state index is 7.02. The van der Waals surface area contributed by atoms with Gasteiger partial charge in [-0.3, -0.25) is 0 Å². The molecule has 2 saturated heterocycles. The molecule has 4 spiro atoms. The van der Waals surface area contributed by atoms with E-state index in [0.717, 1.165) is 71.0 Å². The molecule has 12 aliphatic rings. The third kappa shape index (κ3) is 0.364. The minimum Gasteiger partial charge on any atom is -0.362 e. The van der Waals surface area contributed by atoms with Gasteiger partial charge in [0.05, 0.1) is 0 Å². The summed E-state index contributed by atoms with van der Waals surface area (Å²) in [4.78, 5) is 0. The zero-order valence-electron chi connectivity index (χ0n) is 12.3. The van der Waals surface area contributed by atoms with Gasteiger partial charge in [0, 0.05) is 0 Å². The lowest BCUT2D eigenvalue weighted by atomic mass is 9.70. The van der Waals surface area contributed by atoms with E-state index >= 15 is 0 Å². The second kappa shape index (κ2) is 1.70. The van der Waals surface area contributed by atoms with Crippen molar-refractivity contribution in [3.63, 3.8) is 0 Å². The van der Waals surface area contributed by atoms with Gasteiger partial charge in [-0.15, -0.1) is 0 Å². The standard InChI is InChI=1S/C20H18O2/c1-3-5-9-7-8-10-6-4(20-16(10)11(7)13(5)17(1,20)21-20)2-18-14(6)12(8)15(9)19(3,18)22-18/h3-16H,1-2H2/t3-,4+,5-,6-,7+,8-,9-,10+,11+,12-,13+,14-,15-,16-,17+,18+,19-,20-/m1/s1. The molecule has 0 aromatic heterocycles. The van der Waals surface area contributed by atoms with Crippen LogP contribution in [0, 0.1) is 82.9 Å². The Morgan fingerprint density at radius 3 is 1.50 bits per heavy atom. The molecule has 0 aromatic rings. The Balaban J connectivity index is 1.45. The van der Waals surface area contributed by atoms with Crippen LogP contribution in [0.3, 0.4) is 0 Å². The van der Waals surface area contributed by atoms with Crippen LogP contribution >= 0.6 is 0 Å². The molecule has 2 heteroatoms. The molecule has 22 heavy (non-hydrogen) atoms. The van der Waals surface area contributed by atoms with Crippen LogP contribution in [0.25, 0.3) is 0 Å². The fourth-order valence-corrected chi connectivity index (χ4v) is 15.0. The number of rotatable bonds is 0. The predicted octanol–water partition coefficient (Wildman–Crippen LogP) is 1.54. The summed E-state index contributed by atoms with van der Waals surface area (Å²) in [7, 11) is 0. The largest absolute Gasteiger partial charge is 0.362 e. The van der Waals surface area contributed by atoms with E-state index in [9.17, 15) is 0 Å². The lowest BCUT2D eigenvalue weighted by Crippen LogP contribution is -2.40. The molecule has 2 nitrogen and oxygen atoms in total. The molecule has 0 bridgehead atoms. The van der Waals surface area contributed by atoms with Crippen LogP contribution in [-0.2, 0) is 9.47 Å². The summed E-state index contributed by atoms with van der Waals surface area (Å²) in [6.07, 6.45) is 2.91. The summed E-state index contributed by atoms with van der Waals surface area (Å²) < 4.78 is 14.0. The van der Waals surface area contributed by atoms with Crippen LogP contribution in [-0.4, -0.2) is 22.4 Å². The van der Waals surface area contributed by atoms with Gasteiger partial charge in [0.25, 0.3) is 0 Å². The number of hydrogen-bond donors (Lipinski definition) is 0. The minimum absolute atomic E-state index is 0.419. The van der Waals surface area contributed by atoms with Crippen molar-refractivity contribution in [1.29, 1.82) is 0 Å². The maximum Gasteiger partial charge on any atom is 0.105 e. The van der Waals surface area contributed by atoms with Crippen LogP contribution in [0.15, 0.2) is 0 Å². The molecule has 0 amide bonds. The van der Waals surface area contributed by atoms with E-state index < -0.39 is 0 Å². The van der Waals surface area contributed by atoms with Gasteiger partial charge in [0.15, 0.2) is 0 Å². The van der Waals surface area contributed by atoms with Gasteiger partial charge in [0.2, 0.25) is 0 Å². The highest BCUT2D eigenvalue weighted by Crippen LogP contribution is 3.06. The average molecular weight is 290 g/mol. The molecule has 0 aromatic carbocycles. The van der Waals surface area contributed by atoms with Gasteiger partial charge >= 0.3 is 0 Å². The summed E-state index contributed by atoms with van der Waals surface area (Å²) in [5.41, 5.74) is 1.69. The summed E-state index contributed by atoms with van der Waals surface area (Å²) in [6.45, 7) is 0. The second-order valence-electron chi connectivity index (χ2n) is 11.9. The molecule has 0 unspecified atom stereocenters. The Bertz CT molecular complexity index is 794. The molecule has 18 atom stereocenters. The summed E-state index contributed by atoms with van der Waals surface area (Å²) in [5, 5.41) is 0. The van der Waals surface area contributed by atoms with Crippen LogP contribution in [0.4, 0.5) is 0 Å². The normalized spacial score (nSPS) is 108. The SMILES string of the molecule is C1[C@H]2[C@@H]3[C@H]4[C@H]5[C@H]6[C@H]7[C@@H]8[C@H]9[C@H]6[C@@H]4[C@]24O[C@@]94C[C@H]8[C@]24O[C@]12[C@H]3[C@@H]5[C@@H]74. The topological polar surface area (TPSA) is 25.1 Å². The zero-order valence-corrected chi connectivity index (χ0v) is 12.3. The van der Waals surface area contributed by atoms with Crippen molar-refractivity contribution in [2.75, 3.05) is 0 Å². The van der Waals surface area contributed by atoms with Gasteiger partial charge in [0.1, 0.15) is 22.4 Å². The fourth-order valence-electron chi connectivity index (χ4n) is 15.0. The molecule has 10 saturated carbocycles. The van der Waals surface area contributed by atoms with Crippen molar-refractivity contribution in [1.82, 2.24) is 0 Å². The summed E-state index contributed by atoms with van der Waals surface area (Å²) >= 11 is 0. The fraction of sp³-hybridized carbons (Fsp3) is 1.00. The Morgan fingerprint density at radius 2 is 1.00 bits per heavy atom. The average Bonchev–Trinajstić information content (AvgIpc) is 2.96. The van der Waals surface area contributed by atoms with E-state index in [1.54, 1.807) is 0 Å². The van der Waals surface area contributed by atoms with Crippen molar-refractivity contribution in [3.8, 4) is 0 Å². The minimum atomic E-state index is 0.419. The highest BCUT2D eigenvalue weighted by molar-refractivity contribution is 5.58. The lowest BCUT2D eigenvalue weighted by molar-refractivity contribution is 0.0783. The van der Waals surface area contributed by atoms with Crippen molar-refractivity contribution in [2.45, 2.75) is 35.2 Å². The first-order valence-electron chi connectivity index (χ1n) is 10.2. The van der Waals surface area contributed by atoms with Gasteiger partial charge in [-0.25, -0.2) is 0 Å². The molecule has 10 aliphatic carbocycles. The van der Waals surface area contributed by atoms with E-state index in [-0.39, 0.29) is 0 Å². The van der Waals surface area contributed by atoms with Gasteiger partial charge < -0.3 is 9.47 Å². The van der Waals surface area contributed by atoms with Crippen molar-refractivity contribution >= 4 is 0 Å². The second-order valence-corrected chi connectivity index (χ2v) is 11.9. The van der Waals surface area contributed by atoms with Gasteiger partial charge in [-0.05, 0) is 95.7 Å². The summed E-state index contributed by atoms with van der Waals surface area (Å²) in [5.74, 6) is 15.0. The molecule has 110 valence electrons. The Kier molecular flexibility index (Phi) is 0.683. The summed E-state index contributed by atoms with van der Waals surface area (Å²) in [6, 6.07) is 0. The van der Waals surface area contributed by atoms with E-state index in [1.165, 1.54) is 24.7 Å². The van der Waals surface area contributed by atoms with E-state index in [4.69, 9.17) is 9.47 Å². The number of ether oxygens (including phenoxy) is 2. The van der Waals surface area contributed by atoms with E-state index in [2.05, 4.69) is 0 Å². The quantitative estimate of drug-likeness (QED) is 0.632. The van der Waals surface area contributed by atoms with Crippen molar-refractivity contribution in [3.05, 3.63) is 0 Å². The smallest absolute Gasteiger partial charge is 0.105 e. The highest BCUT2D eigenvalue weighted by atomic mass is 16.7.